The van der Waals surface area contributed by atoms with Gasteiger partial charge >= 0.3 is 5.97 Å². The van der Waals surface area contributed by atoms with Gasteiger partial charge in [0.15, 0.2) is 0 Å². The molecule has 0 saturated heterocycles. The van der Waals surface area contributed by atoms with E-state index in [-0.39, 0.29) is 11.9 Å². The number of methoxy groups -OCH3 is 1. The molecule has 1 atom stereocenters. The summed E-state index contributed by atoms with van der Waals surface area (Å²) in [5.41, 5.74) is 3.16. The molecule has 0 spiro atoms. The normalized spacial score (nSPS) is 12.1. The third-order valence-corrected chi connectivity index (χ3v) is 4.32. The second-order valence-corrected chi connectivity index (χ2v) is 6.22. The van der Waals surface area contributed by atoms with E-state index in [1.165, 1.54) is 7.11 Å². The van der Waals surface area contributed by atoms with Crippen LogP contribution in [0.3, 0.4) is 0 Å². The first-order valence-corrected chi connectivity index (χ1v) is 8.13. The van der Waals surface area contributed by atoms with Gasteiger partial charge in [-0.25, -0.2) is 4.79 Å². The molecule has 1 aromatic carbocycles. The van der Waals surface area contributed by atoms with Gasteiger partial charge in [0.25, 0.3) is 5.91 Å². The molecule has 25 heavy (non-hydrogen) atoms. The van der Waals surface area contributed by atoms with Crippen molar-refractivity contribution in [3.05, 3.63) is 58.4 Å². The van der Waals surface area contributed by atoms with Crippen molar-refractivity contribution in [1.29, 1.82) is 0 Å². The zero-order valence-corrected chi connectivity index (χ0v) is 15.3. The van der Waals surface area contributed by atoms with E-state index in [1.54, 1.807) is 13.8 Å². The Morgan fingerprint density at radius 3 is 2.40 bits per heavy atom. The molecular formula is C19H25N3O3. The summed E-state index contributed by atoms with van der Waals surface area (Å²) >= 11 is 0. The number of benzene rings is 1. The number of hydrogen-bond acceptors (Lipinski definition) is 4. The molecule has 0 saturated carbocycles. The van der Waals surface area contributed by atoms with Crippen LogP contribution < -0.4 is 5.32 Å². The van der Waals surface area contributed by atoms with Crippen molar-refractivity contribution < 1.29 is 14.3 Å². The van der Waals surface area contributed by atoms with Gasteiger partial charge in [-0.15, -0.1) is 0 Å². The summed E-state index contributed by atoms with van der Waals surface area (Å²) in [5.74, 6) is -0.681. The molecule has 2 rings (SSSR count). The van der Waals surface area contributed by atoms with Gasteiger partial charge in [0.05, 0.1) is 18.7 Å². The van der Waals surface area contributed by atoms with E-state index in [0.29, 0.717) is 29.1 Å². The van der Waals surface area contributed by atoms with Crippen LogP contribution in [0.15, 0.2) is 30.3 Å². The summed E-state index contributed by atoms with van der Waals surface area (Å²) in [6.07, 6.45) is 0. The molecule has 0 aliphatic heterocycles. The average Bonchev–Trinajstić information content (AvgIpc) is 2.89. The van der Waals surface area contributed by atoms with Crippen LogP contribution in [-0.4, -0.2) is 49.5 Å². The minimum Gasteiger partial charge on any atom is -0.465 e. The standard InChI is InChI=1S/C19H25N3O3/c1-12-16(19(24)25-5)13(2)21-17(12)18(23)20-11-15(22(3)4)14-9-7-6-8-10-14/h6-10,15,21H,11H2,1-5H3,(H,20,23). The smallest absolute Gasteiger partial charge is 0.339 e. The lowest BCUT2D eigenvalue weighted by Gasteiger charge is -2.25. The number of amides is 1. The first kappa shape index (κ1) is 18.7. The highest BCUT2D eigenvalue weighted by atomic mass is 16.5. The molecule has 134 valence electrons. The summed E-state index contributed by atoms with van der Waals surface area (Å²) in [4.78, 5) is 29.5. The fraction of sp³-hybridized carbons (Fsp3) is 0.368. The summed E-state index contributed by atoms with van der Waals surface area (Å²) in [5, 5.41) is 2.95. The van der Waals surface area contributed by atoms with Crippen molar-refractivity contribution in [1.82, 2.24) is 15.2 Å². The number of aryl methyl sites for hydroxylation is 1. The Hall–Kier alpha value is -2.60. The molecule has 6 nitrogen and oxygen atoms in total. The quantitative estimate of drug-likeness (QED) is 0.790. The van der Waals surface area contributed by atoms with Crippen LogP contribution in [-0.2, 0) is 4.74 Å². The number of carbonyl (C=O) groups excluding carboxylic acids is 2. The van der Waals surface area contributed by atoms with Crippen LogP contribution in [0.5, 0.6) is 0 Å². The Bertz CT molecular complexity index is 751. The van der Waals surface area contributed by atoms with E-state index < -0.39 is 5.97 Å². The van der Waals surface area contributed by atoms with Gasteiger partial charge in [-0.2, -0.15) is 0 Å². The van der Waals surface area contributed by atoms with Crippen molar-refractivity contribution in [3.8, 4) is 0 Å². The molecule has 2 N–H and O–H groups in total. The molecular weight excluding hydrogens is 318 g/mol. The van der Waals surface area contributed by atoms with E-state index >= 15 is 0 Å². The lowest BCUT2D eigenvalue weighted by Crippen LogP contribution is -2.35. The van der Waals surface area contributed by atoms with Crippen LogP contribution in [0, 0.1) is 13.8 Å². The largest absolute Gasteiger partial charge is 0.465 e. The van der Waals surface area contributed by atoms with E-state index in [0.717, 1.165) is 5.56 Å². The molecule has 2 aromatic rings. The highest BCUT2D eigenvalue weighted by Gasteiger charge is 2.23. The van der Waals surface area contributed by atoms with Crippen LogP contribution in [0.25, 0.3) is 0 Å². The molecule has 1 aromatic heterocycles. The van der Waals surface area contributed by atoms with Gasteiger partial charge in [0, 0.05) is 12.2 Å². The van der Waals surface area contributed by atoms with E-state index in [1.807, 2.05) is 44.4 Å². The van der Waals surface area contributed by atoms with Crippen molar-refractivity contribution in [2.45, 2.75) is 19.9 Å². The molecule has 0 aliphatic rings. The fourth-order valence-electron chi connectivity index (χ4n) is 2.94. The summed E-state index contributed by atoms with van der Waals surface area (Å²) in [7, 11) is 5.28. The third-order valence-electron chi connectivity index (χ3n) is 4.32. The van der Waals surface area contributed by atoms with E-state index in [4.69, 9.17) is 4.74 Å². The van der Waals surface area contributed by atoms with Crippen molar-refractivity contribution >= 4 is 11.9 Å². The lowest BCUT2D eigenvalue weighted by molar-refractivity contribution is 0.0599. The number of hydrogen-bond donors (Lipinski definition) is 2. The number of H-pyrrole nitrogens is 1. The SMILES string of the molecule is COC(=O)c1c(C)[nH]c(C(=O)NCC(c2ccccc2)N(C)C)c1C. The van der Waals surface area contributed by atoms with Crippen LogP contribution in [0.1, 0.15) is 43.7 Å². The first-order chi connectivity index (χ1) is 11.9. The molecule has 1 amide bonds. The fourth-order valence-corrected chi connectivity index (χ4v) is 2.94. The number of nitrogens with one attached hydrogen (secondary N) is 2. The molecule has 6 heteroatoms. The van der Waals surface area contributed by atoms with Gasteiger partial charge < -0.3 is 19.9 Å². The van der Waals surface area contributed by atoms with Gasteiger partial charge in [0.1, 0.15) is 5.69 Å². The van der Waals surface area contributed by atoms with Gasteiger partial charge in [-0.1, -0.05) is 30.3 Å². The maximum absolute atomic E-state index is 12.6. The van der Waals surface area contributed by atoms with Crippen LogP contribution in [0.4, 0.5) is 0 Å². The Morgan fingerprint density at radius 1 is 1.20 bits per heavy atom. The summed E-state index contributed by atoms with van der Waals surface area (Å²) in [6.45, 7) is 3.95. The lowest BCUT2D eigenvalue weighted by atomic mass is 10.1. The monoisotopic (exact) mass is 343 g/mol. The Kier molecular flexibility index (Phi) is 5.98. The number of nitrogens with zero attached hydrogens (tertiary/aromatic N) is 1. The van der Waals surface area contributed by atoms with E-state index in [2.05, 4.69) is 15.2 Å². The predicted octanol–water partition coefficient (Wildman–Crippen LogP) is 2.45. The number of carbonyl (C=O) groups is 2. The minimum absolute atomic E-state index is 0.0570. The Balaban J connectivity index is 2.16. The number of esters is 1. The van der Waals surface area contributed by atoms with Gasteiger partial charge in [0.2, 0.25) is 0 Å². The molecule has 0 fully saturated rings. The molecule has 0 radical (unpaired) electrons. The number of aromatic amines is 1. The van der Waals surface area contributed by atoms with Gasteiger partial charge in [-0.05, 0) is 39.1 Å². The summed E-state index contributed by atoms with van der Waals surface area (Å²) in [6, 6.07) is 10.1. The first-order valence-electron chi connectivity index (χ1n) is 8.13. The zero-order valence-electron chi connectivity index (χ0n) is 15.3. The van der Waals surface area contributed by atoms with Gasteiger partial charge in [-0.3, -0.25) is 4.79 Å². The third kappa shape index (κ3) is 4.09. The topological polar surface area (TPSA) is 74.4 Å². The Labute approximate surface area is 148 Å². The zero-order chi connectivity index (χ0) is 18.6. The molecule has 0 bridgehead atoms. The van der Waals surface area contributed by atoms with Crippen molar-refractivity contribution in [2.24, 2.45) is 0 Å². The Morgan fingerprint density at radius 2 is 1.84 bits per heavy atom. The van der Waals surface area contributed by atoms with Crippen LogP contribution >= 0.6 is 0 Å². The highest BCUT2D eigenvalue weighted by Crippen LogP contribution is 2.20. The molecule has 1 heterocycles. The van der Waals surface area contributed by atoms with E-state index in [9.17, 15) is 9.59 Å². The average molecular weight is 343 g/mol. The van der Waals surface area contributed by atoms with Crippen LogP contribution in [0.2, 0.25) is 0 Å². The number of rotatable bonds is 6. The number of likely N-dealkylation sites (N-methyl/N-ethyl adjacent to an activating group) is 1. The predicted molar refractivity (Wildman–Crippen MR) is 96.8 cm³/mol. The number of aromatic nitrogens is 1. The second-order valence-electron chi connectivity index (χ2n) is 6.22. The van der Waals surface area contributed by atoms with Crippen molar-refractivity contribution in [3.63, 3.8) is 0 Å². The molecule has 0 aliphatic carbocycles. The summed E-state index contributed by atoms with van der Waals surface area (Å²) < 4.78 is 4.78. The maximum Gasteiger partial charge on any atom is 0.339 e. The number of ether oxygens (including phenoxy) is 1. The minimum atomic E-state index is -0.444. The second kappa shape index (κ2) is 7.98. The maximum atomic E-state index is 12.6. The van der Waals surface area contributed by atoms with Crippen molar-refractivity contribution in [2.75, 3.05) is 27.7 Å². The molecule has 1 unspecified atom stereocenters. The highest BCUT2D eigenvalue weighted by molar-refractivity contribution is 6.00.